The lowest BCUT2D eigenvalue weighted by atomic mass is 10.0. The zero-order valence-corrected chi connectivity index (χ0v) is 11.1. The fourth-order valence-corrected chi connectivity index (χ4v) is 2.24. The van der Waals surface area contributed by atoms with E-state index >= 15 is 0 Å². The number of ether oxygens (including phenoxy) is 1. The number of alkyl halides is 1. The number of hydrogen-bond acceptors (Lipinski definition) is 4. The molecule has 0 N–H and O–H groups in total. The molecule has 5 heteroatoms. The normalized spacial score (nSPS) is 9.62. The molecule has 3 nitrogen and oxygen atoms in total. The standard InChI is InChI=1S/C11H10BrNO2S/c1-15-11(14)4-7-3-10(16)8(5-12)2-9(7)6-13/h2-3,16H,4-5H2,1H3. The fourth-order valence-electron chi connectivity index (χ4n) is 1.26. The summed E-state index contributed by atoms with van der Waals surface area (Å²) in [4.78, 5) is 11.9. The number of nitriles is 1. The molecule has 1 aromatic rings. The van der Waals surface area contributed by atoms with Gasteiger partial charge >= 0.3 is 5.97 Å². The molecule has 0 saturated carbocycles. The van der Waals surface area contributed by atoms with Crippen molar-refractivity contribution in [2.75, 3.05) is 7.11 Å². The first kappa shape index (κ1) is 13.1. The van der Waals surface area contributed by atoms with Crippen LogP contribution in [0.4, 0.5) is 0 Å². The average molecular weight is 300 g/mol. The first-order valence-electron chi connectivity index (χ1n) is 4.50. The zero-order valence-electron chi connectivity index (χ0n) is 8.66. The highest BCUT2D eigenvalue weighted by Gasteiger charge is 2.11. The second-order valence-corrected chi connectivity index (χ2v) is 4.18. The number of esters is 1. The summed E-state index contributed by atoms with van der Waals surface area (Å²) >= 11 is 7.60. The predicted molar refractivity (Wildman–Crippen MR) is 66.8 cm³/mol. The van der Waals surface area contributed by atoms with Crippen molar-refractivity contribution in [3.05, 3.63) is 28.8 Å². The van der Waals surface area contributed by atoms with Crippen molar-refractivity contribution < 1.29 is 9.53 Å². The summed E-state index contributed by atoms with van der Waals surface area (Å²) in [5.41, 5.74) is 2.05. The van der Waals surface area contributed by atoms with Crippen molar-refractivity contribution in [3.8, 4) is 6.07 Å². The molecule has 0 bridgehead atoms. The van der Waals surface area contributed by atoms with Crippen LogP contribution in [0.2, 0.25) is 0 Å². The maximum atomic E-state index is 11.1. The van der Waals surface area contributed by atoms with Crippen molar-refractivity contribution in [3.63, 3.8) is 0 Å². The van der Waals surface area contributed by atoms with Crippen LogP contribution in [0.5, 0.6) is 0 Å². The minimum atomic E-state index is -0.365. The van der Waals surface area contributed by atoms with E-state index in [4.69, 9.17) is 5.26 Å². The Bertz CT molecular complexity index is 454. The van der Waals surface area contributed by atoms with Gasteiger partial charge in [0.2, 0.25) is 0 Å². The number of hydrogen-bond donors (Lipinski definition) is 1. The van der Waals surface area contributed by atoms with Crippen LogP contribution in [-0.4, -0.2) is 13.1 Å². The van der Waals surface area contributed by atoms with Crippen molar-refractivity contribution in [1.29, 1.82) is 5.26 Å². The Balaban J connectivity index is 3.14. The first-order chi connectivity index (χ1) is 7.62. The van der Waals surface area contributed by atoms with Crippen molar-refractivity contribution in [2.45, 2.75) is 16.6 Å². The van der Waals surface area contributed by atoms with E-state index in [0.29, 0.717) is 16.5 Å². The molecule has 0 saturated heterocycles. The van der Waals surface area contributed by atoms with Gasteiger partial charge in [0.15, 0.2) is 0 Å². The highest BCUT2D eigenvalue weighted by Crippen LogP contribution is 2.22. The number of nitrogens with zero attached hydrogens (tertiary/aromatic N) is 1. The summed E-state index contributed by atoms with van der Waals surface area (Å²) in [6.45, 7) is 0. The molecule has 0 fully saturated rings. The molecule has 84 valence electrons. The number of halogens is 1. The predicted octanol–water partition coefficient (Wildman–Crippen LogP) is 2.46. The van der Waals surface area contributed by atoms with Crippen molar-refractivity contribution in [1.82, 2.24) is 0 Å². The molecule has 0 aliphatic rings. The number of methoxy groups -OCH3 is 1. The van der Waals surface area contributed by atoms with E-state index in [9.17, 15) is 4.79 Å². The number of carbonyl (C=O) groups excluding carboxylic acids is 1. The molecule has 0 aromatic heterocycles. The Morgan fingerprint density at radius 2 is 2.25 bits per heavy atom. The van der Waals surface area contributed by atoms with Gasteiger partial charge in [0.1, 0.15) is 0 Å². The Morgan fingerprint density at radius 1 is 1.56 bits per heavy atom. The summed E-state index contributed by atoms with van der Waals surface area (Å²) in [7, 11) is 1.32. The van der Waals surface area contributed by atoms with E-state index in [1.165, 1.54) is 7.11 Å². The fraction of sp³-hybridized carbons (Fsp3) is 0.273. The molecule has 0 heterocycles. The Hall–Kier alpha value is -0.990. The summed E-state index contributed by atoms with van der Waals surface area (Å²) in [5, 5.41) is 9.60. The topological polar surface area (TPSA) is 50.1 Å². The molecule has 0 aliphatic carbocycles. The first-order valence-corrected chi connectivity index (χ1v) is 6.07. The number of rotatable bonds is 3. The smallest absolute Gasteiger partial charge is 0.310 e. The van der Waals surface area contributed by atoms with Crippen LogP contribution in [0, 0.1) is 11.3 Å². The molecule has 16 heavy (non-hydrogen) atoms. The van der Waals surface area contributed by atoms with E-state index in [1.807, 2.05) is 0 Å². The minimum absolute atomic E-state index is 0.0928. The van der Waals surface area contributed by atoms with E-state index in [0.717, 1.165) is 10.5 Å². The molecule has 0 amide bonds. The second-order valence-electron chi connectivity index (χ2n) is 3.14. The number of benzene rings is 1. The third kappa shape index (κ3) is 3.00. The largest absolute Gasteiger partial charge is 0.469 e. The summed E-state index contributed by atoms with van der Waals surface area (Å²) < 4.78 is 4.57. The third-order valence-electron chi connectivity index (χ3n) is 2.13. The molecule has 0 unspecified atom stereocenters. The number of thiol groups is 1. The van der Waals surface area contributed by atoms with Gasteiger partial charge in [0.05, 0.1) is 25.2 Å². The third-order valence-corrected chi connectivity index (χ3v) is 3.15. The van der Waals surface area contributed by atoms with Crippen LogP contribution in [0.1, 0.15) is 16.7 Å². The average Bonchev–Trinajstić information content (AvgIpc) is 2.29. The Labute approximate surface area is 108 Å². The maximum Gasteiger partial charge on any atom is 0.310 e. The van der Waals surface area contributed by atoms with Gasteiger partial charge in [-0.15, -0.1) is 12.6 Å². The monoisotopic (exact) mass is 299 g/mol. The molecular weight excluding hydrogens is 290 g/mol. The van der Waals surface area contributed by atoms with Crippen LogP contribution >= 0.6 is 28.6 Å². The lowest BCUT2D eigenvalue weighted by molar-refractivity contribution is -0.139. The molecule has 0 atom stereocenters. The van der Waals surface area contributed by atoms with Gasteiger partial charge in [-0.05, 0) is 23.3 Å². The number of carbonyl (C=O) groups is 1. The van der Waals surface area contributed by atoms with E-state index in [-0.39, 0.29) is 12.4 Å². The SMILES string of the molecule is COC(=O)Cc1cc(S)c(CBr)cc1C#N. The van der Waals surface area contributed by atoms with Gasteiger partial charge < -0.3 is 4.74 Å². The van der Waals surface area contributed by atoms with Crippen LogP contribution in [-0.2, 0) is 21.3 Å². The lowest BCUT2D eigenvalue weighted by Crippen LogP contribution is -2.06. The van der Waals surface area contributed by atoms with Gasteiger partial charge in [0.25, 0.3) is 0 Å². The van der Waals surface area contributed by atoms with E-state index < -0.39 is 0 Å². The maximum absolute atomic E-state index is 11.1. The quantitative estimate of drug-likeness (QED) is 0.530. The summed E-state index contributed by atoms with van der Waals surface area (Å²) in [6.07, 6.45) is 0.0928. The molecule has 0 aliphatic heterocycles. The molecule has 1 aromatic carbocycles. The second kappa shape index (κ2) is 5.92. The van der Waals surface area contributed by atoms with Crippen molar-refractivity contribution >= 4 is 34.5 Å². The highest BCUT2D eigenvalue weighted by molar-refractivity contribution is 9.08. The van der Waals surface area contributed by atoms with E-state index in [1.54, 1.807) is 12.1 Å². The summed E-state index contributed by atoms with van der Waals surface area (Å²) in [6, 6.07) is 5.53. The highest BCUT2D eigenvalue weighted by atomic mass is 79.9. The van der Waals surface area contributed by atoms with Gasteiger partial charge in [-0.2, -0.15) is 5.26 Å². The van der Waals surface area contributed by atoms with Gasteiger partial charge in [-0.25, -0.2) is 0 Å². The zero-order chi connectivity index (χ0) is 12.1. The minimum Gasteiger partial charge on any atom is -0.469 e. The Kier molecular flexibility index (Phi) is 4.84. The molecular formula is C11H10BrNO2S. The van der Waals surface area contributed by atoms with Crippen LogP contribution in [0.25, 0.3) is 0 Å². The molecule has 0 spiro atoms. The lowest BCUT2D eigenvalue weighted by Gasteiger charge is -2.07. The van der Waals surface area contributed by atoms with Crippen LogP contribution in [0.3, 0.4) is 0 Å². The molecule has 0 radical (unpaired) electrons. The van der Waals surface area contributed by atoms with Gasteiger partial charge in [-0.1, -0.05) is 15.9 Å². The van der Waals surface area contributed by atoms with Crippen LogP contribution in [0.15, 0.2) is 17.0 Å². The van der Waals surface area contributed by atoms with Gasteiger partial charge in [0, 0.05) is 10.2 Å². The van der Waals surface area contributed by atoms with Crippen LogP contribution < -0.4 is 0 Å². The van der Waals surface area contributed by atoms with Crippen molar-refractivity contribution in [2.24, 2.45) is 0 Å². The Morgan fingerprint density at radius 3 is 2.75 bits per heavy atom. The summed E-state index contributed by atoms with van der Waals surface area (Å²) in [5.74, 6) is -0.365. The van der Waals surface area contributed by atoms with Gasteiger partial charge in [-0.3, -0.25) is 4.79 Å². The van der Waals surface area contributed by atoms with E-state index in [2.05, 4.69) is 39.4 Å². The molecule has 1 rings (SSSR count).